The van der Waals surface area contributed by atoms with Gasteiger partial charge in [0, 0.05) is 11.8 Å². The van der Waals surface area contributed by atoms with Crippen LogP contribution in [-0.2, 0) is 9.59 Å². The molecule has 0 saturated heterocycles. The van der Waals surface area contributed by atoms with E-state index in [4.69, 9.17) is 10.8 Å². The highest BCUT2D eigenvalue weighted by atomic mass is 16.4. The topological polar surface area (TPSA) is 92.4 Å². The van der Waals surface area contributed by atoms with Gasteiger partial charge in [0.15, 0.2) is 0 Å². The van der Waals surface area contributed by atoms with Crippen LogP contribution >= 0.6 is 0 Å². The Morgan fingerprint density at radius 1 is 1.35 bits per heavy atom. The Bertz CT molecular complexity index is 436. The minimum Gasteiger partial charge on any atom is -0.478 e. The fourth-order valence-corrected chi connectivity index (χ4v) is 1.10. The molecule has 0 heterocycles. The number of amides is 1. The number of rotatable bonds is 4. The molecule has 1 amide bonds. The van der Waals surface area contributed by atoms with Crippen LogP contribution in [0.25, 0.3) is 6.08 Å². The Kier molecular flexibility index (Phi) is 4.42. The summed E-state index contributed by atoms with van der Waals surface area (Å²) in [6.45, 7) is 1.60. The van der Waals surface area contributed by atoms with Crippen LogP contribution in [0.5, 0.6) is 0 Å². The van der Waals surface area contributed by atoms with Crippen molar-refractivity contribution in [1.29, 1.82) is 0 Å². The molecule has 1 aromatic rings. The van der Waals surface area contributed by atoms with E-state index in [9.17, 15) is 9.59 Å². The van der Waals surface area contributed by atoms with Gasteiger partial charge in [-0.25, -0.2) is 4.79 Å². The molecule has 90 valence electrons. The molecule has 0 bridgehead atoms. The number of hydrogen-bond acceptors (Lipinski definition) is 3. The summed E-state index contributed by atoms with van der Waals surface area (Å²) in [6.07, 6.45) is 2.52. The molecular formula is C12H14N2O3. The first-order chi connectivity index (χ1) is 7.99. The van der Waals surface area contributed by atoms with Crippen LogP contribution in [0.1, 0.15) is 12.5 Å². The van der Waals surface area contributed by atoms with Gasteiger partial charge in [-0.05, 0) is 30.7 Å². The first-order valence-corrected chi connectivity index (χ1v) is 5.06. The number of carboxylic acids is 1. The molecule has 1 atom stereocenters. The molecule has 0 aliphatic carbocycles. The van der Waals surface area contributed by atoms with Crippen molar-refractivity contribution in [2.45, 2.75) is 13.0 Å². The maximum atomic E-state index is 11.3. The molecular weight excluding hydrogens is 220 g/mol. The van der Waals surface area contributed by atoms with Gasteiger partial charge < -0.3 is 16.2 Å². The van der Waals surface area contributed by atoms with E-state index >= 15 is 0 Å². The smallest absolute Gasteiger partial charge is 0.328 e. The zero-order valence-corrected chi connectivity index (χ0v) is 9.38. The van der Waals surface area contributed by atoms with Crippen molar-refractivity contribution in [3.63, 3.8) is 0 Å². The molecule has 0 spiro atoms. The maximum absolute atomic E-state index is 11.3. The van der Waals surface area contributed by atoms with Crippen LogP contribution in [0.4, 0.5) is 5.69 Å². The standard InChI is InChI=1S/C12H14N2O3/c1-8(13)12(17)14-10-5-2-9(3-6-10)4-7-11(15)16/h2-8H,13H2,1H3,(H,14,17)(H,15,16)/b7-4+. The summed E-state index contributed by atoms with van der Waals surface area (Å²) < 4.78 is 0. The van der Waals surface area contributed by atoms with Crippen LogP contribution in [0.2, 0.25) is 0 Å². The maximum Gasteiger partial charge on any atom is 0.328 e. The number of benzene rings is 1. The molecule has 0 aromatic heterocycles. The molecule has 1 aromatic carbocycles. The number of aliphatic carboxylic acids is 1. The lowest BCUT2D eigenvalue weighted by Crippen LogP contribution is -2.32. The van der Waals surface area contributed by atoms with Crippen molar-refractivity contribution >= 4 is 23.6 Å². The lowest BCUT2D eigenvalue weighted by atomic mass is 10.2. The van der Waals surface area contributed by atoms with E-state index in [1.54, 1.807) is 31.2 Å². The molecule has 0 saturated carbocycles. The Morgan fingerprint density at radius 3 is 2.41 bits per heavy atom. The molecule has 1 rings (SSSR count). The predicted molar refractivity (Wildman–Crippen MR) is 65.4 cm³/mol. The van der Waals surface area contributed by atoms with Crippen LogP contribution in [0, 0.1) is 0 Å². The van der Waals surface area contributed by atoms with Gasteiger partial charge >= 0.3 is 5.97 Å². The zero-order valence-electron chi connectivity index (χ0n) is 9.38. The Labute approximate surface area is 98.9 Å². The average molecular weight is 234 g/mol. The Morgan fingerprint density at radius 2 is 1.94 bits per heavy atom. The molecule has 0 radical (unpaired) electrons. The Hall–Kier alpha value is -2.14. The molecule has 5 heteroatoms. The van der Waals surface area contributed by atoms with Gasteiger partial charge in [0.05, 0.1) is 6.04 Å². The Balaban J connectivity index is 2.68. The third-order valence-corrected chi connectivity index (χ3v) is 2.01. The number of carbonyl (C=O) groups excluding carboxylic acids is 1. The van der Waals surface area contributed by atoms with Crippen LogP contribution in [-0.4, -0.2) is 23.0 Å². The molecule has 4 N–H and O–H groups in total. The molecule has 0 aliphatic heterocycles. The second-order valence-corrected chi connectivity index (χ2v) is 3.57. The number of carboxylic acid groups (broad SMARTS) is 1. The van der Waals surface area contributed by atoms with Crippen LogP contribution in [0.3, 0.4) is 0 Å². The first kappa shape index (κ1) is 12.9. The van der Waals surface area contributed by atoms with E-state index in [1.807, 2.05) is 0 Å². The first-order valence-electron chi connectivity index (χ1n) is 5.06. The fraction of sp³-hybridized carbons (Fsp3) is 0.167. The summed E-state index contributed by atoms with van der Waals surface area (Å²) in [5, 5.41) is 11.1. The third-order valence-electron chi connectivity index (χ3n) is 2.01. The van der Waals surface area contributed by atoms with Crippen molar-refractivity contribution in [2.75, 3.05) is 5.32 Å². The number of anilines is 1. The number of nitrogens with one attached hydrogen (secondary N) is 1. The number of nitrogens with two attached hydrogens (primary N) is 1. The minimum absolute atomic E-state index is 0.265. The average Bonchev–Trinajstić information content (AvgIpc) is 2.28. The highest BCUT2D eigenvalue weighted by Crippen LogP contribution is 2.10. The quantitative estimate of drug-likeness (QED) is 0.679. The second kappa shape index (κ2) is 5.81. The van der Waals surface area contributed by atoms with E-state index in [0.29, 0.717) is 5.69 Å². The summed E-state index contributed by atoms with van der Waals surface area (Å²) in [5.74, 6) is -1.27. The van der Waals surface area contributed by atoms with Gasteiger partial charge in [0.25, 0.3) is 0 Å². The molecule has 0 fully saturated rings. The normalized spacial score (nSPS) is 12.4. The van der Waals surface area contributed by atoms with Crippen LogP contribution < -0.4 is 11.1 Å². The van der Waals surface area contributed by atoms with Crippen LogP contribution in [0.15, 0.2) is 30.3 Å². The summed E-state index contributed by atoms with van der Waals surface area (Å²) in [6, 6.07) is 6.21. The highest BCUT2D eigenvalue weighted by molar-refractivity contribution is 5.94. The van der Waals surface area contributed by atoms with Gasteiger partial charge in [-0.1, -0.05) is 12.1 Å². The summed E-state index contributed by atoms with van der Waals surface area (Å²) in [7, 11) is 0. The minimum atomic E-state index is -1.00. The van der Waals surface area contributed by atoms with Crippen molar-refractivity contribution in [1.82, 2.24) is 0 Å². The molecule has 0 aliphatic rings. The van der Waals surface area contributed by atoms with Crippen molar-refractivity contribution < 1.29 is 14.7 Å². The monoisotopic (exact) mass is 234 g/mol. The van der Waals surface area contributed by atoms with E-state index < -0.39 is 12.0 Å². The summed E-state index contributed by atoms with van der Waals surface area (Å²) >= 11 is 0. The number of hydrogen-bond donors (Lipinski definition) is 3. The van der Waals surface area contributed by atoms with E-state index in [2.05, 4.69) is 5.32 Å². The predicted octanol–water partition coefficient (Wildman–Crippen LogP) is 1.07. The van der Waals surface area contributed by atoms with Gasteiger partial charge in [-0.3, -0.25) is 4.79 Å². The molecule has 1 unspecified atom stereocenters. The molecule has 5 nitrogen and oxygen atoms in total. The van der Waals surface area contributed by atoms with E-state index in [1.165, 1.54) is 6.08 Å². The lowest BCUT2D eigenvalue weighted by Gasteiger charge is -2.07. The van der Waals surface area contributed by atoms with E-state index in [0.717, 1.165) is 11.6 Å². The summed E-state index contributed by atoms with van der Waals surface area (Å²) in [4.78, 5) is 21.6. The van der Waals surface area contributed by atoms with Crippen molar-refractivity contribution in [3.05, 3.63) is 35.9 Å². The summed E-state index contributed by atoms with van der Waals surface area (Å²) in [5.41, 5.74) is 6.77. The second-order valence-electron chi connectivity index (χ2n) is 3.57. The fourth-order valence-electron chi connectivity index (χ4n) is 1.10. The molecule has 17 heavy (non-hydrogen) atoms. The largest absolute Gasteiger partial charge is 0.478 e. The third kappa shape index (κ3) is 4.48. The van der Waals surface area contributed by atoms with Crippen molar-refractivity contribution in [2.24, 2.45) is 5.73 Å². The van der Waals surface area contributed by atoms with Gasteiger partial charge in [-0.15, -0.1) is 0 Å². The van der Waals surface area contributed by atoms with E-state index in [-0.39, 0.29) is 5.91 Å². The van der Waals surface area contributed by atoms with Crippen molar-refractivity contribution in [3.8, 4) is 0 Å². The highest BCUT2D eigenvalue weighted by Gasteiger charge is 2.06. The lowest BCUT2D eigenvalue weighted by molar-refractivity contribution is -0.131. The zero-order chi connectivity index (χ0) is 12.8. The van der Waals surface area contributed by atoms with Gasteiger partial charge in [-0.2, -0.15) is 0 Å². The van der Waals surface area contributed by atoms with Gasteiger partial charge in [0.1, 0.15) is 0 Å². The number of carbonyl (C=O) groups is 2. The van der Waals surface area contributed by atoms with Gasteiger partial charge in [0.2, 0.25) is 5.91 Å². The SMILES string of the molecule is CC(N)C(=O)Nc1ccc(/C=C/C(=O)O)cc1.